The van der Waals surface area contributed by atoms with E-state index in [0.29, 0.717) is 51.5 Å². The van der Waals surface area contributed by atoms with Crippen molar-refractivity contribution >= 4 is 33.5 Å². The summed E-state index contributed by atoms with van der Waals surface area (Å²) >= 11 is 6.09. The Kier molecular flexibility index (Phi) is 8.73. The number of ether oxygens (including phenoxy) is 1. The smallest absolute Gasteiger partial charge is 0.268 e. The van der Waals surface area contributed by atoms with Crippen molar-refractivity contribution in [2.24, 2.45) is 0 Å². The number of sulfonamides is 1. The second-order valence-corrected chi connectivity index (χ2v) is 12.4. The number of hydrogen-bond acceptors (Lipinski definition) is 10. The largest absolute Gasteiger partial charge is 0.478 e. The van der Waals surface area contributed by atoms with Gasteiger partial charge in [0, 0.05) is 33.3 Å². The maximum Gasteiger partial charge on any atom is 0.268 e. The van der Waals surface area contributed by atoms with Crippen LogP contribution in [0.15, 0.2) is 105 Å². The summed E-state index contributed by atoms with van der Waals surface area (Å²) in [7, 11) is -4.25. The summed E-state index contributed by atoms with van der Waals surface area (Å²) in [6, 6.07) is 23.0. The zero-order chi connectivity index (χ0) is 32.3. The van der Waals surface area contributed by atoms with Crippen molar-refractivity contribution in [2.45, 2.75) is 25.7 Å². The highest BCUT2D eigenvalue weighted by atomic mass is 35.5. The second kappa shape index (κ2) is 13.0. The number of hydrogen-bond donors (Lipinski definition) is 1. The molecule has 6 aromatic rings. The number of nitrogens with zero attached hydrogens (tertiary/aromatic N) is 5. The Morgan fingerprint density at radius 3 is 2.33 bits per heavy atom. The molecule has 1 N–H and O–H groups in total. The van der Waals surface area contributed by atoms with Crippen molar-refractivity contribution in [2.75, 3.05) is 22.9 Å². The Labute approximate surface area is 270 Å². The zero-order valence-electron chi connectivity index (χ0n) is 25.1. The maximum atomic E-state index is 14.5. The van der Waals surface area contributed by atoms with Gasteiger partial charge in [-0.1, -0.05) is 59.2 Å². The Morgan fingerprint density at radius 1 is 0.935 bits per heavy atom. The monoisotopic (exact) mass is 656 g/mol. The number of halogens is 1. The lowest BCUT2D eigenvalue weighted by molar-refractivity contribution is 0.327. The molecule has 0 atom stereocenters. The molecule has 3 heterocycles. The Balaban J connectivity index is 1.38. The third kappa shape index (κ3) is 6.30. The highest BCUT2D eigenvalue weighted by Crippen LogP contribution is 2.35. The Bertz CT molecular complexity index is 2070. The predicted octanol–water partition coefficient (Wildman–Crippen LogP) is 7.39. The molecule has 0 aliphatic heterocycles. The number of oxazole rings is 1. The van der Waals surface area contributed by atoms with E-state index in [4.69, 9.17) is 25.3 Å². The number of aryl methyl sites for hydroxylation is 1. The van der Waals surface area contributed by atoms with E-state index in [9.17, 15) is 8.42 Å². The minimum absolute atomic E-state index is 0.0675. The number of benzene rings is 3. The minimum atomic E-state index is -4.25. The van der Waals surface area contributed by atoms with Gasteiger partial charge in [0.05, 0.1) is 29.1 Å². The number of aromatic nitrogens is 4. The average molecular weight is 657 g/mol. The summed E-state index contributed by atoms with van der Waals surface area (Å²) in [4.78, 5) is 13.3. The van der Waals surface area contributed by atoms with Gasteiger partial charge in [-0.05, 0) is 56.7 Å². The molecule has 0 unspecified atom stereocenters. The van der Waals surface area contributed by atoms with Gasteiger partial charge in [-0.2, -0.15) is 4.98 Å². The summed E-state index contributed by atoms with van der Waals surface area (Å²) in [5, 5.41) is 7.69. The molecule has 0 radical (unpaired) electrons. The molecule has 0 saturated carbocycles. The fourth-order valence-corrected chi connectivity index (χ4v) is 6.45. The highest BCUT2D eigenvalue weighted by molar-refractivity contribution is 7.93. The van der Waals surface area contributed by atoms with Crippen LogP contribution in [0, 0.1) is 13.8 Å². The van der Waals surface area contributed by atoms with Crippen LogP contribution in [-0.4, -0.2) is 41.8 Å². The summed E-state index contributed by atoms with van der Waals surface area (Å²) in [6.07, 6.45) is 3.06. The van der Waals surface area contributed by atoms with Crippen molar-refractivity contribution in [3.8, 4) is 39.7 Å². The van der Waals surface area contributed by atoms with Gasteiger partial charge in [0.1, 0.15) is 12.9 Å². The Hall–Kier alpha value is -5.20. The van der Waals surface area contributed by atoms with Gasteiger partial charge in [-0.15, -0.1) is 0 Å². The van der Waals surface area contributed by atoms with E-state index in [0.717, 1.165) is 15.4 Å². The van der Waals surface area contributed by atoms with Crippen molar-refractivity contribution in [1.82, 2.24) is 20.1 Å². The molecular formula is C33H29ClN6O5S. The van der Waals surface area contributed by atoms with E-state index >= 15 is 0 Å². The topological polar surface area (TPSA) is 136 Å². The van der Waals surface area contributed by atoms with Crippen LogP contribution in [0.3, 0.4) is 0 Å². The van der Waals surface area contributed by atoms with E-state index in [1.165, 1.54) is 6.26 Å². The van der Waals surface area contributed by atoms with Gasteiger partial charge in [0.25, 0.3) is 10.0 Å². The fourth-order valence-electron chi connectivity index (χ4n) is 4.75. The first-order valence-corrected chi connectivity index (χ1v) is 16.1. The molecule has 0 fully saturated rings. The van der Waals surface area contributed by atoms with Crippen molar-refractivity contribution in [3.63, 3.8) is 0 Å². The van der Waals surface area contributed by atoms with Crippen molar-refractivity contribution in [1.29, 1.82) is 0 Å². The van der Waals surface area contributed by atoms with Crippen LogP contribution in [0.1, 0.15) is 18.2 Å². The van der Waals surface area contributed by atoms with Crippen LogP contribution >= 0.6 is 11.6 Å². The molecule has 6 rings (SSSR count). The molecule has 0 spiro atoms. The summed E-state index contributed by atoms with van der Waals surface area (Å²) in [5.41, 5.74) is 4.43. The molecule has 46 heavy (non-hydrogen) atoms. The quantitative estimate of drug-likeness (QED) is 0.141. The van der Waals surface area contributed by atoms with Gasteiger partial charge < -0.3 is 19.0 Å². The van der Waals surface area contributed by atoms with E-state index < -0.39 is 10.0 Å². The molecule has 0 aliphatic carbocycles. The van der Waals surface area contributed by atoms with E-state index in [1.54, 1.807) is 62.5 Å². The number of rotatable bonds is 11. The fraction of sp³-hybridized carbons (Fsp3) is 0.152. The van der Waals surface area contributed by atoms with Crippen LogP contribution in [0.5, 0.6) is 5.88 Å². The molecule has 0 saturated heterocycles. The maximum absolute atomic E-state index is 14.5. The molecule has 0 amide bonds. The third-order valence-corrected chi connectivity index (χ3v) is 9.24. The van der Waals surface area contributed by atoms with Gasteiger partial charge in [0.15, 0.2) is 0 Å². The molecule has 3 aromatic carbocycles. The van der Waals surface area contributed by atoms with Crippen LogP contribution in [0.2, 0.25) is 5.02 Å². The first kappa shape index (κ1) is 30.8. The highest BCUT2D eigenvalue weighted by Gasteiger charge is 2.32. The minimum Gasteiger partial charge on any atom is -0.478 e. The molecule has 11 nitrogen and oxygen atoms in total. The standard InChI is InChI=1S/C33H29ClN6O5S/c1-4-43-30-19-28(24-13-15-26(34)16-14-24)37-33(38-30)36-20-40(32-21(2)22(3)39-45-32)46(41,42)29-8-6-5-7-27(29)23-9-11-25(12-10-23)31-35-17-18-44-31/h5-19H,4,20H2,1-3H3,(H,36,37,38). The molecule has 0 aliphatic rings. The normalized spacial score (nSPS) is 11.4. The first-order valence-electron chi connectivity index (χ1n) is 14.3. The number of anilines is 2. The van der Waals surface area contributed by atoms with Crippen LogP contribution in [0.25, 0.3) is 33.8 Å². The van der Waals surface area contributed by atoms with E-state index in [2.05, 4.69) is 25.4 Å². The summed E-state index contributed by atoms with van der Waals surface area (Å²) < 4.78 is 46.9. The average Bonchev–Trinajstić information content (AvgIpc) is 3.72. The van der Waals surface area contributed by atoms with Crippen LogP contribution in [-0.2, 0) is 10.0 Å². The summed E-state index contributed by atoms with van der Waals surface area (Å²) in [5.74, 6) is 1.01. The lowest BCUT2D eigenvalue weighted by atomic mass is 10.0. The van der Waals surface area contributed by atoms with Crippen molar-refractivity contribution in [3.05, 3.63) is 108 Å². The van der Waals surface area contributed by atoms with Gasteiger partial charge >= 0.3 is 0 Å². The van der Waals surface area contributed by atoms with Crippen LogP contribution in [0.4, 0.5) is 11.8 Å². The van der Waals surface area contributed by atoms with E-state index in [1.807, 2.05) is 43.3 Å². The predicted molar refractivity (Wildman–Crippen MR) is 175 cm³/mol. The molecule has 13 heteroatoms. The Morgan fingerprint density at radius 2 is 1.65 bits per heavy atom. The lowest BCUT2D eigenvalue weighted by Gasteiger charge is -2.24. The summed E-state index contributed by atoms with van der Waals surface area (Å²) in [6.45, 7) is 5.45. The van der Waals surface area contributed by atoms with Crippen LogP contribution < -0.4 is 14.4 Å². The SMILES string of the molecule is CCOc1cc(-c2ccc(Cl)cc2)nc(NCN(c2onc(C)c2C)S(=O)(=O)c2ccccc2-c2ccc(-c3ncco3)cc2)n1. The van der Waals surface area contributed by atoms with E-state index in [-0.39, 0.29) is 23.4 Å². The van der Waals surface area contributed by atoms with Gasteiger partial charge in [0.2, 0.25) is 23.6 Å². The number of nitrogens with one attached hydrogen (secondary N) is 1. The molecule has 0 bridgehead atoms. The zero-order valence-corrected chi connectivity index (χ0v) is 26.7. The van der Waals surface area contributed by atoms with Crippen molar-refractivity contribution < 1.29 is 22.1 Å². The molecular weight excluding hydrogens is 628 g/mol. The third-order valence-electron chi connectivity index (χ3n) is 7.20. The molecule has 234 valence electrons. The van der Waals surface area contributed by atoms with Gasteiger partial charge in [-0.3, -0.25) is 0 Å². The second-order valence-electron chi connectivity index (χ2n) is 10.2. The first-order chi connectivity index (χ1) is 22.2. The molecule has 3 aromatic heterocycles. The lowest BCUT2D eigenvalue weighted by Crippen LogP contribution is -2.36. The van der Waals surface area contributed by atoms with Gasteiger partial charge in [-0.25, -0.2) is 22.7 Å².